The van der Waals surface area contributed by atoms with Crippen LogP contribution in [-0.2, 0) is 20.5 Å². The number of amides is 1. The second-order valence-electron chi connectivity index (χ2n) is 6.59. The molecule has 0 radical (unpaired) electrons. The highest BCUT2D eigenvalue weighted by Gasteiger charge is 2.19. The fraction of sp³-hybridized carbons (Fsp3) is 0.300. The number of benzene rings is 1. The van der Waals surface area contributed by atoms with Gasteiger partial charge in [-0.3, -0.25) is 18.7 Å². The van der Waals surface area contributed by atoms with E-state index in [1.807, 2.05) is 30.3 Å². The SMILES string of the molecule is Cn1c(=O)c2ccc(C(=O)N(CCN)CCc3ccccc3)nc2n(C)c1=O. The van der Waals surface area contributed by atoms with Crippen molar-refractivity contribution in [3.63, 3.8) is 0 Å². The first-order chi connectivity index (χ1) is 13.4. The Bertz CT molecular complexity index is 1120. The maximum absolute atomic E-state index is 13.0. The molecule has 0 aliphatic heterocycles. The molecule has 0 spiro atoms. The number of hydrogen-bond donors (Lipinski definition) is 1. The van der Waals surface area contributed by atoms with Crippen LogP contribution >= 0.6 is 0 Å². The van der Waals surface area contributed by atoms with E-state index in [0.717, 1.165) is 10.1 Å². The number of fused-ring (bicyclic) bond motifs is 1. The summed E-state index contributed by atoms with van der Waals surface area (Å²) < 4.78 is 2.29. The normalized spacial score (nSPS) is 11.0. The van der Waals surface area contributed by atoms with Crippen LogP contribution < -0.4 is 17.0 Å². The minimum atomic E-state index is -0.488. The molecule has 146 valence electrons. The van der Waals surface area contributed by atoms with Gasteiger partial charge in [-0.2, -0.15) is 0 Å². The summed E-state index contributed by atoms with van der Waals surface area (Å²) in [5, 5.41) is 0.288. The van der Waals surface area contributed by atoms with Crippen molar-refractivity contribution in [1.82, 2.24) is 19.0 Å². The lowest BCUT2D eigenvalue weighted by molar-refractivity contribution is 0.0756. The average molecular weight is 381 g/mol. The predicted octanol–water partition coefficient (Wildman–Crippen LogP) is 0.276. The molecule has 0 unspecified atom stereocenters. The topological polar surface area (TPSA) is 103 Å². The van der Waals surface area contributed by atoms with Crippen LogP contribution in [0.25, 0.3) is 11.0 Å². The van der Waals surface area contributed by atoms with Crippen LogP contribution in [0.1, 0.15) is 16.1 Å². The molecule has 2 N–H and O–H groups in total. The Morgan fingerprint density at radius 2 is 1.75 bits per heavy atom. The first-order valence-corrected chi connectivity index (χ1v) is 9.04. The molecule has 0 saturated heterocycles. The van der Waals surface area contributed by atoms with Crippen molar-refractivity contribution in [3.8, 4) is 0 Å². The van der Waals surface area contributed by atoms with Crippen molar-refractivity contribution in [2.45, 2.75) is 6.42 Å². The second-order valence-corrected chi connectivity index (χ2v) is 6.59. The molecular weight excluding hydrogens is 358 g/mol. The van der Waals surface area contributed by atoms with E-state index in [2.05, 4.69) is 4.98 Å². The number of hydrogen-bond acceptors (Lipinski definition) is 5. The number of aromatic nitrogens is 3. The Hall–Kier alpha value is -3.26. The van der Waals surface area contributed by atoms with Crippen LogP contribution in [0.4, 0.5) is 0 Å². The molecule has 28 heavy (non-hydrogen) atoms. The summed E-state index contributed by atoms with van der Waals surface area (Å²) in [6.45, 7) is 1.21. The molecule has 0 aliphatic carbocycles. The van der Waals surface area contributed by atoms with Gasteiger partial charge in [0.15, 0.2) is 0 Å². The Labute approximate surface area is 161 Å². The molecular formula is C20H23N5O3. The third-order valence-corrected chi connectivity index (χ3v) is 4.72. The summed E-state index contributed by atoms with van der Waals surface area (Å²) in [4.78, 5) is 43.4. The van der Waals surface area contributed by atoms with Crippen molar-refractivity contribution < 1.29 is 4.79 Å². The maximum atomic E-state index is 13.0. The van der Waals surface area contributed by atoms with Gasteiger partial charge in [-0.25, -0.2) is 9.78 Å². The third kappa shape index (κ3) is 3.72. The Kier molecular flexibility index (Phi) is 5.70. The molecule has 2 heterocycles. The van der Waals surface area contributed by atoms with Crippen LogP contribution in [0.3, 0.4) is 0 Å². The van der Waals surface area contributed by atoms with Crippen molar-refractivity contribution in [1.29, 1.82) is 0 Å². The van der Waals surface area contributed by atoms with Gasteiger partial charge in [0.1, 0.15) is 11.3 Å². The van der Waals surface area contributed by atoms with E-state index in [4.69, 9.17) is 5.73 Å². The van der Waals surface area contributed by atoms with Gasteiger partial charge in [0, 0.05) is 33.7 Å². The van der Waals surface area contributed by atoms with E-state index in [0.29, 0.717) is 26.1 Å². The monoisotopic (exact) mass is 381 g/mol. The Balaban J connectivity index is 1.93. The quantitative estimate of drug-likeness (QED) is 0.660. The third-order valence-electron chi connectivity index (χ3n) is 4.72. The molecule has 0 bridgehead atoms. The molecule has 0 saturated carbocycles. The molecule has 3 rings (SSSR count). The molecule has 0 fully saturated rings. The number of nitrogens with two attached hydrogens (primary N) is 1. The van der Waals surface area contributed by atoms with Gasteiger partial charge in [-0.05, 0) is 24.1 Å². The maximum Gasteiger partial charge on any atom is 0.332 e. The molecule has 1 aromatic carbocycles. The first kappa shape index (κ1) is 19.5. The van der Waals surface area contributed by atoms with Gasteiger partial charge in [0.05, 0.1) is 5.39 Å². The van der Waals surface area contributed by atoms with Crippen LogP contribution in [0.5, 0.6) is 0 Å². The molecule has 3 aromatic rings. The fourth-order valence-electron chi connectivity index (χ4n) is 3.11. The lowest BCUT2D eigenvalue weighted by Gasteiger charge is -2.22. The van der Waals surface area contributed by atoms with Crippen molar-refractivity contribution >= 4 is 16.9 Å². The molecule has 1 amide bonds. The summed E-state index contributed by atoms with van der Waals surface area (Å²) in [7, 11) is 2.94. The summed E-state index contributed by atoms with van der Waals surface area (Å²) >= 11 is 0. The van der Waals surface area contributed by atoms with E-state index in [-0.39, 0.29) is 22.6 Å². The van der Waals surface area contributed by atoms with Crippen LogP contribution in [0.2, 0.25) is 0 Å². The van der Waals surface area contributed by atoms with Crippen molar-refractivity contribution in [2.24, 2.45) is 19.8 Å². The average Bonchev–Trinajstić information content (AvgIpc) is 2.73. The number of rotatable bonds is 6. The Morgan fingerprint density at radius 3 is 2.43 bits per heavy atom. The Morgan fingerprint density at radius 1 is 1.04 bits per heavy atom. The van der Waals surface area contributed by atoms with Gasteiger partial charge in [-0.1, -0.05) is 30.3 Å². The van der Waals surface area contributed by atoms with Crippen molar-refractivity contribution in [3.05, 3.63) is 74.6 Å². The highest BCUT2D eigenvalue weighted by atomic mass is 16.2. The number of aryl methyl sites for hydroxylation is 1. The molecule has 0 atom stereocenters. The molecule has 8 heteroatoms. The predicted molar refractivity (Wildman–Crippen MR) is 107 cm³/mol. The highest BCUT2D eigenvalue weighted by Crippen LogP contribution is 2.10. The minimum Gasteiger partial charge on any atom is -0.336 e. The number of carbonyl (C=O) groups excluding carboxylic acids is 1. The summed E-state index contributed by atoms with van der Waals surface area (Å²) in [6, 6.07) is 12.9. The van der Waals surface area contributed by atoms with Gasteiger partial charge in [-0.15, -0.1) is 0 Å². The standard InChI is InChI=1S/C20H23N5O3/c1-23-17-15(18(26)24(2)20(23)28)8-9-16(22-17)19(27)25(13-11-21)12-10-14-6-4-3-5-7-14/h3-9H,10-13,21H2,1-2H3. The lowest BCUT2D eigenvalue weighted by Crippen LogP contribution is -2.39. The zero-order chi connectivity index (χ0) is 20.3. The van der Waals surface area contributed by atoms with Crippen molar-refractivity contribution in [2.75, 3.05) is 19.6 Å². The summed E-state index contributed by atoms with van der Waals surface area (Å²) in [5.74, 6) is -0.281. The zero-order valence-corrected chi connectivity index (χ0v) is 16.0. The van der Waals surface area contributed by atoms with E-state index < -0.39 is 11.2 Å². The van der Waals surface area contributed by atoms with E-state index in [1.54, 1.807) is 4.90 Å². The molecule has 8 nitrogen and oxygen atoms in total. The first-order valence-electron chi connectivity index (χ1n) is 9.04. The van der Waals surface area contributed by atoms with Gasteiger partial charge in [0.2, 0.25) is 0 Å². The van der Waals surface area contributed by atoms with Gasteiger partial charge >= 0.3 is 5.69 Å². The fourth-order valence-corrected chi connectivity index (χ4v) is 3.11. The second kappa shape index (κ2) is 8.18. The number of pyridine rings is 1. The lowest BCUT2D eigenvalue weighted by atomic mass is 10.1. The smallest absolute Gasteiger partial charge is 0.332 e. The van der Waals surface area contributed by atoms with Crippen LogP contribution in [0.15, 0.2) is 52.1 Å². The molecule has 2 aromatic heterocycles. The van der Waals surface area contributed by atoms with E-state index in [1.165, 1.54) is 30.8 Å². The highest BCUT2D eigenvalue weighted by molar-refractivity contribution is 5.94. The van der Waals surface area contributed by atoms with Gasteiger partial charge < -0.3 is 10.6 Å². The minimum absolute atomic E-state index is 0.178. The van der Waals surface area contributed by atoms with Crippen LogP contribution in [-0.4, -0.2) is 44.6 Å². The van der Waals surface area contributed by atoms with Crippen LogP contribution in [0, 0.1) is 0 Å². The molecule has 0 aliphatic rings. The van der Waals surface area contributed by atoms with E-state index >= 15 is 0 Å². The van der Waals surface area contributed by atoms with E-state index in [9.17, 15) is 14.4 Å². The largest absolute Gasteiger partial charge is 0.336 e. The van der Waals surface area contributed by atoms with Gasteiger partial charge in [0.25, 0.3) is 11.5 Å². The number of carbonyl (C=O) groups is 1. The summed E-state index contributed by atoms with van der Waals surface area (Å²) in [6.07, 6.45) is 0.694. The number of nitrogens with zero attached hydrogens (tertiary/aromatic N) is 4. The zero-order valence-electron chi connectivity index (χ0n) is 16.0. The summed E-state index contributed by atoms with van der Waals surface area (Å²) in [5.41, 5.74) is 6.24.